The lowest BCUT2D eigenvalue weighted by Crippen LogP contribution is -2.39. The fraction of sp³-hybridized carbons (Fsp3) is 0.300. The van der Waals surface area contributed by atoms with Crippen LogP contribution in [0, 0.1) is 12.7 Å². The molecule has 0 saturated carbocycles. The van der Waals surface area contributed by atoms with E-state index in [4.69, 9.17) is 11.6 Å². The first kappa shape index (κ1) is 20.7. The minimum Gasteiger partial charge on any atom is -0.356 e. The number of amides is 1. The quantitative estimate of drug-likeness (QED) is 0.500. The van der Waals surface area contributed by atoms with Crippen LogP contribution in [0.4, 0.5) is 10.1 Å². The molecule has 2 aromatic carbocycles. The molecule has 2 rings (SSSR count). The van der Waals surface area contributed by atoms with Crippen LogP contribution in [-0.4, -0.2) is 32.0 Å². The Morgan fingerprint density at radius 2 is 1.81 bits per heavy atom. The number of nitrogens with one attached hydrogen (secondary N) is 3. The highest BCUT2D eigenvalue weighted by molar-refractivity contribution is 6.31. The van der Waals surface area contributed by atoms with Crippen molar-refractivity contribution >= 4 is 29.2 Å². The highest BCUT2D eigenvalue weighted by atomic mass is 35.5. The summed E-state index contributed by atoms with van der Waals surface area (Å²) in [5.41, 5.74) is 2.60. The number of carbonyl (C=O) groups is 1. The van der Waals surface area contributed by atoms with E-state index in [0.717, 1.165) is 17.5 Å². The predicted molar refractivity (Wildman–Crippen MR) is 109 cm³/mol. The summed E-state index contributed by atoms with van der Waals surface area (Å²) in [5, 5.41) is 9.75. The number of anilines is 1. The number of carbonyl (C=O) groups excluding carboxylic acids is 1. The van der Waals surface area contributed by atoms with Gasteiger partial charge in [-0.1, -0.05) is 29.8 Å². The van der Waals surface area contributed by atoms with Crippen molar-refractivity contribution in [2.75, 3.05) is 25.5 Å². The molecule has 0 bridgehead atoms. The Hall–Kier alpha value is -2.60. The zero-order valence-electron chi connectivity index (χ0n) is 15.5. The highest BCUT2D eigenvalue weighted by Gasteiger charge is 2.07. The minimum absolute atomic E-state index is 0.102. The van der Waals surface area contributed by atoms with Gasteiger partial charge in [0, 0.05) is 37.3 Å². The molecular formula is C20H24ClFN4O. The fourth-order valence-electron chi connectivity index (χ4n) is 2.45. The van der Waals surface area contributed by atoms with Crippen molar-refractivity contribution in [2.24, 2.45) is 4.99 Å². The van der Waals surface area contributed by atoms with Crippen LogP contribution in [0.15, 0.2) is 47.5 Å². The van der Waals surface area contributed by atoms with Gasteiger partial charge in [-0.15, -0.1) is 0 Å². The molecule has 0 saturated heterocycles. The molecule has 27 heavy (non-hydrogen) atoms. The minimum atomic E-state index is -0.240. The Morgan fingerprint density at radius 1 is 1.11 bits per heavy atom. The number of guanidine groups is 1. The van der Waals surface area contributed by atoms with Crippen LogP contribution in [-0.2, 0) is 11.2 Å². The molecule has 0 aliphatic carbocycles. The SMILES string of the molecule is CN=C(NCCC(=O)Nc1cccc(Cl)c1C)NCCc1ccc(F)cc1. The predicted octanol–water partition coefficient (Wildman–Crippen LogP) is 3.52. The van der Waals surface area contributed by atoms with Crippen LogP contribution < -0.4 is 16.0 Å². The van der Waals surface area contributed by atoms with E-state index in [0.29, 0.717) is 36.2 Å². The fourth-order valence-corrected chi connectivity index (χ4v) is 2.62. The Morgan fingerprint density at radius 3 is 2.52 bits per heavy atom. The first-order valence-corrected chi connectivity index (χ1v) is 9.11. The zero-order valence-corrected chi connectivity index (χ0v) is 16.2. The number of aliphatic imine (C=N–C) groups is 1. The number of benzene rings is 2. The summed E-state index contributed by atoms with van der Waals surface area (Å²) in [5.74, 6) is 0.272. The van der Waals surface area contributed by atoms with E-state index in [9.17, 15) is 9.18 Å². The van der Waals surface area contributed by atoms with Gasteiger partial charge in [0.05, 0.1) is 0 Å². The van der Waals surface area contributed by atoms with Gasteiger partial charge in [-0.25, -0.2) is 4.39 Å². The van der Waals surface area contributed by atoms with Gasteiger partial charge in [-0.05, 0) is 48.7 Å². The largest absolute Gasteiger partial charge is 0.356 e. The van der Waals surface area contributed by atoms with Crippen molar-refractivity contribution in [1.29, 1.82) is 0 Å². The molecule has 5 nitrogen and oxygen atoms in total. The lowest BCUT2D eigenvalue weighted by Gasteiger charge is -2.13. The summed E-state index contributed by atoms with van der Waals surface area (Å²) in [6.07, 6.45) is 1.04. The highest BCUT2D eigenvalue weighted by Crippen LogP contribution is 2.22. The van der Waals surface area contributed by atoms with Gasteiger partial charge in [0.25, 0.3) is 0 Å². The molecule has 7 heteroatoms. The van der Waals surface area contributed by atoms with Gasteiger partial charge in [0.2, 0.25) is 5.91 Å². The molecule has 0 spiro atoms. The molecule has 2 aromatic rings. The van der Waals surface area contributed by atoms with Crippen molar-refractivity contribution in [3.63, 3.8) is 0 Å². The van der Waals surface area contributed by atoms with Gasteiger partial charge in [-0.3, -0.25) is 9.79 Å². The Labute approximate surface area is 164 Å². The normalized spacial score (nSPS) is 11.2. The number of halogens is 2. The summed E-state index contributed by atoms with van der Waals surface area (Å²) in [4.78, 5) is 16.2. The van der Waals surface area contributed by atoms with Crippen molar-refractivity contribution < 1.29 is 9.18 Å². The van der Waals surface area contributed by atoms with Gasteiger partial charge in [0.15, 0.2) is 5.96 Å². The Kier molecular flexibility index (Phi) is 8.07. The first-order chi connectivity index (χ1) is 13.0. The molecular weight excluding hydrogens is 367 g/mol. The smallest absolute Gasteiger partial charge is 0.226 e. The van der Waals surface area contributed by atoms with Crippen LogP contribution in [0.5, 0.6) is 0 Å². The van der Waals surface area contributed by atoms with E-state index >= 15 is 0 Å². The molecule has 0 atom stereocenters. The maximum Gasteiger partial charge on any atom is 0.226 e. The van der Waals surface area contributed by atoms with Crippen LogP contribution in [0.25, 0.3) is 0 Å². The second-order valence-corrected chi connectivity index (χ2v) is 6.42. The Balaban J connectivity index is 1.70. The molecule has 0 radical (unpaired) electrons. The third kappa shape index (κ3) is 6.90. The standard InChI is InChI=1S/C20H24ClFN4O/c1-14-17(21)4-3-5-18(14)26-19(27)11-13-25-20(23-2)24-12-10-15-6-8-16(22)9-7-15/h3-9H,10-13H2,1-2H3,(H,26,27)(H2,23,24,25). The molecule has 0 aliphatic heterocycles. The topological polar surface area (TPSA) is 65.5 Å². The molecule has 0 fully saturated rings. The third-order valence-electron chi connectivity index (χ3n) is 4.03. The van der Waals surface area contributed by atoms with Gasteiger partial charge >= 0.3 is 0 Å². The summed E-state index contributed by atoms with van der Waals surface area (Å²) >= 11 is 6.06. The van der Waals surface area contributed by atoms with E-state index in [1.54, 1.807) is 31.3 Å². The van der Waals surface area contributed by atoms with E-state index in [1.165, 1.54) is 12.1 Å². The Bertz CT molecular complexity index is 793. The summed E-state index contributed by atoms with van der Waals surface area (Å²) in [7, 11) is 1.67. The lowest BCUT2D eigenvalue weighted by atomic mass is 10.1. The van der Waals surface area contributed by atoms with Crippen molar-refractivity contribution in [2.45, 2.75) is 19.8 Å². The second-order valence-electron chi connectivity index (χ2n) is 6.01. The van der Waals surface area contributed by atoms with Crippen LogP contribution in [0.3, 0.4) is 0 Å². The van der Waals surface area contributed by atoms with E-state index in [1.807, 2.05) is 13.0 Å². The van der Waals surface area contributed by atoms with Crippen molar-refractivity contribution in [3.05, 3.63) is 64.4 Å². The molecule has 0 aromatic heterocycles. The van der Waals surface area contributed by atoms with Gasteiger partial charge < -0.3 is 16.0 Å². The molecule has 0 aliphatic rings. The summed E-state index contributed by atoms with van der Waals surface area (Å²) in [6.45, 7) is 2.96. The van der Waals surface area contributed by atoms with Crippen molar-refractivity contribution in [1.82, 2.24) is 10.6 Å². The number of hydrogen-bond donors (Lipinski definition) is 3. The second kappa shape index (κ2) is 10.5. The van der Waals surface area contributed by atoms with E-state index in [2.05, 4.69) is 20.9 Å². The number of nitrogens with zero attached hydrogens (tertiary/aromatic N) is 1. The average molecular weight is 391 g/mol. The molecule has 0 heterocycles. The summed E-state index contributed by atoms with van der Waals surface area (Å²) < 4.78 is 12.9. The third-order valence-corrected chi connectivity index (χ3v) is 4.44. The van der Waals surface area contributed by atoms with Crippen LogP contribution in [0.2, 0.25) is 5.02 Å². The number of rotatable bonds is 7. The van der Waals surface area contributed by atoms with E-state index in [-0.39, 0.29) is 11.7 Å². The van der Waals surface area contributed by atoms with Crippen LogP contribution in [0.1, 0.15) is 17.5 Å². The van der Waals surface area contributed by atoms with Gasteiger partial charge in [-0.2, -0.15) is 0 Å². The van der Waals surface area contributed by atoms with Gasteiger partial charge in [0.1, 0.15) is 5.82 Å². The molecule has 144 valence electrons. The van der Waals surface area contributed by atoms with E-state index < -0.39 is 0 Å². The average Bonchev–Trinajstić information content (AvgIpc) is 2.65. The molecule has 1 amide bonds. The molecule has 0 unspecified atom stereocenters. The number of hydrogen-bond acceptors (Lipinski definition) is 2. The first-order valence-electron chi connectivity index (χ1n) is 8.73. The van der Waals surface area contributed by atoms with Crippen molar-refractivity contribution in [3.8, 4) is 0 Å². The van der Waals surface area contributed by atoms with Crippen LogP contribution >= 0.6 is 11.6 Å². The molecule has 3 N–H and O–H groups in total. The zero-order chi connectivity index (χ0) is 19.6. The lowest BCUT2D eigenvalue weighted by molar-refractivity contribution is -0.116. The maximum absolute atomic E-state index is 12.9. The maximum atomic E-state index is 12.9. The summed E-state index contributed by atoms with van der Waals surface area (Å²) in [6, 6.07) is 11.8. The monoisotopic (exact) mass is 390 g/mol.